The number of benzene rings is 2. The summed E-state index contributed by atoms with van der Waals surface area (Å²) in [6.07, 6.45) is 3.46. The Balaban J connectivity index is 1.64. The number of aromatic hydroxyl groups is 1. The van der Waals surface area contributed by atoms with Crippen LogP contribution in [0.2, 0.25) is 0 Å². The van der Waals surface area contributed by atoms with Crippen molar-refractivity contribution in [2.75, 3.05) is 5.32 Å². The number of anilines is 1. The molecular weight excluding hydrogens is 304 g/mol. The molecule has 3 N–H and O–H groups in total. The second kappa shape index (κ2) is 6.58. The molecule has 122 valence electrons. The van der Waals surface area contributed by atoms with Crippen molar-refractivity contribution < 1.29 is 14.7 Å². The van der Waals surface area contributed by atoms with Crippen LogP contribution in [0, 0.1) is 0 Å². The lowest BCUT2D eigenvalue weighted by atomic mass is 10.0. The van der Waals surface area contributed by atoms with E-state index in [0.717, 1.165) is 22.4 Å². The van der Waals surface area contributed by atoms with Crippen LogP contribution in [-0.2, 0) is 16.0 Å². The smallest absolute Gasteiger partial charge is 0.244 e. The lowest BCUT2D eigenvalue weighted by Gasteiger charge is -2.14. The van der Waals surface area contributed by atoms with E-state index < -0.39 is 0 Å². The molecule has 3 rings (SSSR count). The zero-order valence-electron chi connectivity index (χ0n) is 13.2. The van der Waals surface area contributed by atoms with Crippen molar-refractivity contribution in [3.8, 4) is 5.75 Å². The minimum atomic E-state index is -0.222. The molecule has 0 bridgehead atoms. The highest BCUT2D eigenvalue weighted by atomic mass is 16.3. The normalized spacial score (nSPS) is 14.3. The fourth-order valence-corrected chi connectivity index (χ4v) is 2.66. The zero-order valence-corrected chi connectivity index (χ0v) is 13.2. The van der Waals surface area contributed by atoms with Gasteiger partial charge in [0.2, 0.25) is 11.8 Å². The molecule has 2 amide bonds. The maximum Gasteiger partial charge on any atom is 0.244 e. The van der Waals surface area contributed by atoms with Gasteiger partial charge in [0.25, 0.3) is 0 Å². The van der Waals surface area contributed by atoms with Crippen LogP contribution in [0.5, 0.6) is 5.75 Å². The van der Waals surface area contributed by atoms with Crippen LogP contribution < -0.4 is 10.6 Å². The minimum absolute atomic E-state index is 0.00659. The zero-order chi connectivity index (χ0) is 17.1. The Morgan fingerprint density at radius 2 is 2.12 bits per heavy atom. The Labute approximate surface area is 140 Å². The number of phenols is 1. The second-order valence-corrected chi connectivity index (χ2v) is 5.80. The highest BCUT2D eigenvalue weighted by Gasteiger charge is 2.19. The molecule has 5 heteroatoms. The summed E-state index contributed by atoms with van der Waals surface area (Å²) < 4.78 is 0. The molecule has 1 atom stereocenters. The fraction of sp³-hybridized carbons (Fsp3) is 0.158. The first-order chi connectivity index (χ1) is 11.5. The maximum absolute atomic E-state index is 12.0. The number of rotatable bonds is 4. The average Bonchev–Trinajstić information content (AvgIpc) is 2.92. The van der Waals surface area contributed by atoms with Crippen LogP contribution in [0.4, 0.5) is 5.69 Å². The maximum atomic E-state index is 12.0. The first kappa shape index (κ1) is 15.8. The number of fused-ring (bicyclic) bond motifs is 1. The lowest BCUT2D eigenvalue weighted by molar-refractivity contribution is -0.117. The third kappa shape index (κ3) is 3.63. The van der Waals surface area contributed by atoms with Crippen molar-refractivity contribution >= 4 is 23.6 Å². The molecule has 2 aromatic rings. The molecule has 0 spiro atoms. The van der Waals surface area contributed by atoms with E-state index in [1.54, 1.807) is 30.3 Å². The van der Waals surface area contributed by atoms with E-state index in [4.69, 9.17) is 0 Å². The molecule has 1 unspecified atom stereocenters. The van der Waals surface area contributed by atoms with Gasteiger partial charge in [0.15, 0.2) is 0 Å². The molecule has 1 aliphatic heterocycles. The van der Waals surface area contributed by atoms with E-state index in [0.29, 0.717) is 6.42 Å². The molecule has 0 aromatic heterocycles. The topological polar surface area (TPSA) is 78.4 Å². The van der Waals surface area contributed by atoms with Crippen LogP contribution in [-0.4, -0.2) is 16.9 Å². The van der Waals surface area contributed by atoms with Crippen LogP contribution in [0.3, 0.4) is 0 Å². The summed E-state index contributed by atoms with van der Waals surface area (Å²) in [6.45, 7) is 1.89. The van der Waals surface area contributed by atoms with E-state index in [1.165, 1.54) is 6.08 Å². The van der Waals surface area contributed by atoms with E-state index >= 15 is 0 Å². The van der Waals surface area contributed by atoms with Gasteiger partial charge in [0.1, 0.15) is 5.75 Å². The second-order valence-electron chi connectivity index (χ2n) is 5.80. The monoisotopic (exact) mass is 322 g/mol. The van der Waals surface area contributed by atoms with Crippen molar-refractivity contribution in [2.45, 2.75) is 19.4 Å². The van der Waals surface area contributed by atoms with Gasteiger partial charge in [-0.05, 0) is 47.9 Å². The number of phenolic OH excluding ortho intramolecular Hbond substituents is 1. The molecule has 1 heterocycles. The van der Waals surface area contributed by atoms with E-state index in [9.17, 15) is 14.7 Å². The van der Waals surface area contributed by atoms with Crippen molar-refractivity contribution in [1.82, 2.24) is 5.32 Å². The van der Waals surface area contributed by atoms with Crippen molar-refractivity contribution in [2.24, 2.45) is 0 Å². The number of nitrogens with one attached hydrogen (secondary N) is 2. The standard InChI is InChI=1S/C19H18N2O3/c1-12(14-6-7-17-15(10-14)11-19(24)21-17)20-18(23)8-5-13-3-2-4-16(22)9-13/h2-10,12,22H,11H2,1H3,(H,20,23)(H,21,24)/b8-5+. The molecule has 0 saturated carbocycles. The van der Waals surface area contributed by atoms with Gasteiger partial charge >= 0.3 is 0 Å². The number of amides is 2. The molecule has 0 aliphatic carbocycles. The number of hydrogen-bond acceptors (Lipinski definition) is 3. The third-order valence-corrected chi connectivity index (χ3v) is 3.91. The van der Waals surface area contributed by atoms with Crippen LogP contribution in [0.25, 0.3) is 6.08 Å². The molecule has 24 heavy (non-hydrogen) atoms. The van der Waals surface area contributed by atoms with Crippen molar-refractivity contribution in [1.29, 1.82) is 0 Å². The Kier molecular flexibility index (Phi) is 4.33. The van der Waals surface area contributed by atoms with Crippen molar-refractivity contribution in [3.63, 3.8) is 0 Å². The molecular formula is C19H18N2O3. The molecule has 0 radical (unpaired) electrons. The summed E-state index contributed by atoms with van der Waals surface area (Å²) in [5.74, 6) is -0.0688. The van der Waals surface area contributed by atoms with Crippen LogP contribution in [0.1, 0.15) is 29.7 Å². The first-order valence-electron chi connectivity index (χ1n) is 7.71. The molecule has 2 aromatic carbocycles. The van der Waals surface area contributed by atoms with Gasteiger partial charge < -0.3 is 15.7 Å². The predicted octanol–water partition coefficient (Wildman–Crippen LogP) is 2.78. The Hall–Kier alpha value is -3.08. The van der Waals surface area contributed by atoms with Gasteiger partial charge in [-0.3, -0.25) is 9.59 Å². The highest BCUT2D eigenvalue weighted by Crippen LogP contribution is 2.26. The summed E-state index contributed by atoms with van der Waals surface area (Å²) >= 11 is 0. The molecule has 5 nitrogen and oxygen atoms in total. The van der Waals surface area contributed by atoms with E-state index in [-0.39, 0.29) is 23.6 Å². The van der Waals surface area contributed by atoms with Crippen molar-refractivity contribution in [3.05, 3.63) is 65.2 Å². The predicted molar refractivity (Wildman–Crippen MR) is 92.5 cm³/mol. The minimum Gasteiger partial charge on any atom is -0.508 e. The largest absolute Gasteiger partial charge is 0.508 e. The van der Waals surface area contributed by atoms with Gasteiger partial charge in [-0.1, -0.05) is 24.3 Å². The van der Waals surface area contributed by atoms with Crippen LogP contribution in [0.15, 0.2) is 48.5 Å². The molecule has 1 aliphatic rings. The number of hydrogen-bond donors (Lipinski definition) is 3. The molecule has 0 fully saturated rings. The lowest BCUT2D eigenvalue weighted by Crippen LogP contribution is -2.24. The quantitative estimate of drug-likeness (QED) is 0.757. The van der Waals surface area contributed by atoms with E-state index in [1.807, 2.05) is 25.1 Å². The van der Waals surface area contributed by atoms with Gasteiger partial charge in [-0.2, -0.15) is 0 Å². The summed E-state index contributed by atoms with van der Waals surface area (Å²) in [5, 5.41) is 15.1. The third-order valence-electron chi connectivity index (χ3n) is 3.91. The van der Waals surface area contributed by atoms with Gasteiger partial charge in [-0.25, -0.2) is 0 Å². The average molecular weight is 322 g/mol. The number of carbonyl (C=O) groups is 2. The Bertz CT molecular complexity index is 827. The summed E-state index contributed by atoms with van der Waals surface area (Å²) in [5.41, 5.74) is 3.49. The summed E-state index contributed by atoms with van der Waals surface area (Å²) in [7, 11) is 0. The van der Waals surface area contributed by atoms with Gasteiger partial charge in [-0.15, -0.1) is 0 Å². The van der Waals surface area contributed by atoms with Gasteiger partial charge in [0, 0.05) is 11.8 Å². The number of carbonyl (C=O) groups excluding carboxylic acids is 2. The Morgan fingerprint density at radius 1 is 1.29 bits per heavy atom. The first-order valence-corrected chi connectivity index (χ1v) is 7.71. The SMILES string of the molecule is CC(NC(=O)/C=C/c1cccc(O)c1)c1ccc2c(c1)CC(=O)N2. The highest BCUT2D eigenvalue weighted by molar-refractivity contribution is 5.99. The Morgan fingerprint density at radius 3 is 2.92 bits per heavy atom. The summed E-state index contributed by atoms with van der Waals surface area (Å²) in [6, 6.07) is 12.2. The van der Waals surface area contributed by atoms with Crippen LogP contribution >= 0.6 is 0 Å². The molecule has 0 saturated heterocycles. The van der Waals surface area contributed by atoms with Gasteiger partial charge in [0.05, 0.1) is 12.5 Å². The fourth-order valence-electron chi connectivity index (χ4n) is 2.66. The van der Waals surface area contributed by atoms with E-state index in [2.05, 4.69) is 10.6 Å². The summed E-state index contributed by atoms with van der Waals surface area (Å²) in [4.78, 5) is 23.4.